The van der Waals surface area contributed by atoms with Crippen molar-refractivity contribution in [2.45, 2.75) is 111 Å². The number of rotatable bonds is 6. The Morgan fingerprint density at radius 3 is 2.32 bits per heavy atom. The fourth-order valence-corrected chi connectivity index (χ4v) is 9.89. The Bertz CT molecular complexity index is 1000. The van der Waals surface area contributed by atoms with E-state index in [0.717, 1.165) is 19.3 Å². The summed E-state index contributed by atoms with van der Waals surface area (Å²) in [6.45, 7) is 13.8. The second kappa shape index (κ2) is 10.4. The zero-order valence-electron chi connectivity index (χ0n) is 23.6. The van der Waals surface area contributed by atoms with Crippen molar-refractivity contribution in [3.63, 3.8) is 0 Å². The van der Waals surface area contributed by atoms with E-state index in [2.05, 4.69) is 47.6 Å². The summed E-state index contributed by atoms with van der Waals surface area (Å²) in [7, 11) is -5.00. The third-order valence-electron chi connectivity index (χ3n) is 11.7. The zero-order valence-corrected chi connectivity index (χ0v) is 26.4. The maximum atomic E-state index is 11.5. The fraction of sp³-hybridized carbons (Fsp3) is 0.929. The van der Waals surface area contributed by atoms with Crippen molar-refractivity contribution in [2.24, 2.45) is 52.3 Å². The summed E-state index contributed by atoms with van der Waals surface area (Å²) in [6, 6.07) is 0. The molecular weight excluding hydrogens is 503 g/mol. The van der Waals surface area contributed by atoms with Crippen LogP contribution in [0.4, 0.5) is 0 Å². The normalized spacial score (nSPS) is 48.7. The first-order valence-electron chi connectivity index (χ1n) is 14.0. The first kappa shape index (κ1) is 30.4. The van der Waals surface area contributed by atoms with Crippen LogP contribution in [0.1, 0.15) is 80.1 Å². The van der Waals surface area contributed by atoms with Crippen molar-refractivity contribution in [2.75, 3.05) is 0 Å². The Balaban J connectivity index is 0.00000320. The second-order valence-electron chi connectivity index (χ2n) is 13.6. The molecule has 1 heterocycles. The van der Waals surface area contributed by atoms with Crippen LogP contribution in [-0.2, 0) is 19.3 Å². The Kier molecular flexibility index (Phi) is 8.56. The molecule has 0 aromatic heterocycles. The van der Waals surface area contributed by atoms with Gasteiger partial charge in [-0.1, -0.05) is 53.2 Å². The molecule has 5 rings (SSSR count). The Hall–Kier alpha value is 0.490. The predicted octanol–water partition coefficient (Wildman–Crippen LogP) is 1.05. The van der Waals surface area contributed by atoms with Crippen LogP contribution in [-0.4, -0.2) is 53.7 Å². The number of aliphatic hydroxyl groups excluding tert-OH is 2. The first-order valence-corrected chi connectivity index (χ1v) is 15.4. The largest absolute Gasteiger partial charge is 1.00 e. The third kappa shape index (κ3) is 5.07. The van der Waals surface area contributed by atoms with Gasteiger partial charge in [-0.25, -0.2) is 8.42 Å². The molecule has 1 aliphatic heterocycles. The molecule has 5 aliphatic rings. The molecule has 4 aliphatic carbocycles. The van der Waals surface area contributed by atoms with Crippen LogP contribution in [0.25, 0.3) is 0 Å². The number of hydrogen-bond acceptors (Lipinski definition) is 7. The molecule has 7 nitrogen and oxygen atoms in total. The van der Waals surface area contributed by atoms with Crippen molar-refractivity contribution in [3.05, 3.63) is 11.6 Å². The van der Waals surface area contributed by atoms with E-state index in [1.165, 1.54) is 12.0 Å². The third-order valence-corrected chi connectivity index (χ3v) is 12.2. The minimum absolute atomic E-state index is 0. The predicted molar refractivity (Wildman–Crippen MR) is 134 cm³/mol. The summed E-state index contributed by atoms with van der Waals surface area (Å²) in [5.41, 5.74) is 1.22. The second-order valence-corrected chi connectivity index (χ2v) is 14.7. The van der Waals surface area contributed by atoms with Crippen LogP contribution in [0.5, 0.6) is 0 Å². The van der Waals surface area contributed by atoms with Crippen molar-refractivity contribution >= 4 is 10.4 Å². The van der Waals surface area contributed by atoms with Gasteiger partial charge in [0.05, 0.1) is 18.3 Å². The van der Waals surface area contributed by atoms with Crippen LogP contribution in [0, 0.1) is 52.3 Å². The van der Waals surface area contributed by atoms with E-state index in [1.54, 1.807) is 0 Å². The summed E-state index contributed by atoms with van der Waals surface area (Å²) in [6.07, 6.45) is 4.60. The van der Waals surface area contributed by atoms with Crippen LogP contribution in [0.2, 0.25) is 0 Å². The van der Waals surface area contributed by atoms with Crippen molar-refractivity contribution in [3.8, 4) is 0 Å². The molecule has 0 spiro atoms. The molecular formula is C28H45NaO7S. The molecule has 0 bridgehead atoms. The smallest absolute Gasteiger partial charge is 0.726 e. The van der Waals surface area contributed by atoms with Gasteiger partial charge in [0.25, 0.3) is 0 Å². The Labute approximate surface area is 245 Å². The number of ether oxygens (including phenoxy) is 1. The summed E-state index contributed by atoms with van der Waals surface area (Å²) in [5.74, 6) is 2.63. The maximum absolute atomic E-state index is 11.5. The van der Waals surface area contributed by atoms with Crippen LogP contribution in [0.3, 0.4) is 0 Å². The molecule has 13 atom stereocenters. The number of hydrogen-bond donors (Lipinski definition) is 2. The standard InChI is InChI=1S/C28H46O7S.Na/c1-14(2)15(3)24-25(34-24)16(4)18-9-10-19-17-7-8-21-26(35-36(31,32)33)23(30)22(29)13-28(21,6)20(17)11-12-27(18,19)5;/h7,14-16,18-26,29-30H,8-13H2,1-6H3,(H,31,32,33);/q;+1/p-1/t15-,16-,18+,19?,20?,21?,22+,23-,24-,25-,26-,27+,28+;/m0./s1. The van der Waals surface area contributed by atoms with Crippen LogP contribution >= 0.6 is 0 Å². The first-order chi connectivity index (χ1) is 16.7. The summed E-state index contributed by atoms with van der Waals surface area (Å²) in [5, 5.41) is 21.3. The van der Waals surface area contributed by atoms with Gasteiger partial charge < -0.3 is 19.5 Å². The quantitative estimate of drug-likeness (QED) is 0.167. The number of fused-ring (bicyclic) bond motifs is 5. The molecule has 4 fully saturated rings. The number of epoxide rings is 1. The van der Waals surface area contributed by atoms with E-state index in [9.17, 15) is 23.2 Å². The molecule has 0 aromatic rings. The van der Waals surface area contributed by atoms with Gasteiger partial charge in [0.1, 0.15) is 12.2 Å². The zero-order chi connectivity index (χ0) is 26.4. The minimum Gasteiger partial charge on any atom is -0.726 e. The molecule has 2 N–H and O–H groups in total. The number of aliphatic hydroxyl groups is 2. The summed E-state index contributed by atoms with van der Waals surface area (Å²) < 4.78 is 45.5. The Morgan fingerprint density at radius 1 is 1.05 bits per heavy atom. The number of allylic oxidation sites excluding steroid dienone is 2. The van der Waals surface area contributed by atoms with E-state index in [4.69, 9.17) is 8.92 Å². The summed E-state index contributed by atoms with van der Waals surface area (Å²) in [4.78, 5) is 0. The van der Waals surface area contributed by atoms with Gasteiger partial charge in [0.2, 0.25) is 10.4 Å². The van der Waals surface area contributed by atoms with Gasteiger partial charge in [0.15, 0.2) is 0 Å². The van der Waals surface area contributed by atoms with E-state index in [0.29, 0.717) is 54.6 Å². The molecule has 0 amide bonds. The molecule has 1 saturated heterocycles. The summed E-state index contributed by atoms with van der Waals surface area (Å²) >= 11 is 0. The van der Waals surface area contributed by atoms with E-state index in [1.807, 2.05) is 0 Å². The van der Waals surface area contributed by atoms with Crippen molar-refractivity contribution in [1.82, 2.24) is 0 Å². The van der Waals surface area contributed by atoms with Crippen LogP contribution in [0.15, 0.2) is 11.6 Å². The molecule has 3 saturated carbocycles. The molecule has 9 heteroatoms. The molecule has 3 unspecified atom stereocenters. The van der Waals surface area contributed by atoms with Gasteiger partial charge in [-0.3, -0.25) is 4.18 Å². The van der Waals surface area contributed by atoms with Crippen molar-refractivity contribution < 1.29 is 61.7 Å². The average molecular weight is 549 g/mol. The van der Waals surface area contributed by atoms with E-state index >= 15 is 0 Å². The van der Waals surface area contributed by atoms with E-state index < -0.39 is 34.1 Å². The monoisotopic (exact) mass is 548 g/mol. The molecule has 0 aromatic carbocycles. The van der Waals surface area contributed by atoms with E-state index in [-0.39, 0.29) is 46.8 Å². The SMILES string of the molecule is CC(C)[C@H](C)[C@@H]1O[C@H]1[C@@H](C)[C@H]1CCC2C3=CCC4[C@H](OS(=O)(=O)[O-])[C@@H](O)[C@H](O)C[C@]4(C)C3CC[C@@]21C.[Na+]. The van der Waals surface area contributed by atoms with Gasteiger partial charge in [-0.2, -0.15) is 0 Å². The fourth-order valence-electron chi connectivity index (χ4n) is 9.37. The van der Waals surface area contributed by atoms with Crippen LogP contribution < -0.4 is 29.6 Å². The molecule has 0 radical (unpaired) electrons. The van der Waals surface area contributed by atoms with Gasteiger partial charge >= 0.3 is 29.6 Å². The Morgan fingerprint density at radius 2 is 1.70 bits per heavy atom. The van der Waals surface area contributed by atoms with Crippen molar-refractivity contribution in [1.29, 1.82) is 0 Å². The average Bonchev–Trinajstić information content (AvgIpc) is 3.49. The van der Waals surface area contributed by atoms with Gasteiger partial charge in [-0.05, 0) is 90.8 Å². The minimum atomic E-state index is -5.00. The topological polar surface area (TPSA) is 119 Å². The molecule has 206 valence electrons. The molecule has 37 heavy (non-hydrogen) atoms. The maximum Gasteiger partial charge on any atom is 1.00 e. The van der Waals surface area contributed by atoms with Gasteiger partial charge in [-0.15, -0.1) is 0 Å². The van der Waals surface area contributed by atoms with Gasteiger partial charge in [0, 0.05) is 0 Å².